The summed E-state index contributed by atoms with van der Waals surface area (Å²) in [7, 11) is 0. The summed E-state index contributed by atoms with van der Waals surface area (Å²) < 4.78 is 12.9. The number of aliphatic hydroxyl groups is 2. The van der Waals surface area contributed by atoms with Gasteiger partial charge >= 0.3 is 0 Å². The van der Waals surface area contributed by atoms with Gasteiger partial charge in [-0.15, -0.1) is 0 Å². The van der Waals surface area contributed by atoms with Gasteiger partial charge in [-0.1, -0.05) is 18.2 Å². The first-order chi connectivity index (χ1) is 12.1. The van der Waals surface area contributed by atoms with Gasteiger partial charge in [-0.2, -0.15) is 0 Å². The van der Waals surface area contributed by atoms with E-state index in [1.807, 2.05) is 18.2 Å². The topological polar surface area (TPSA) is 129 Å². The Hall–Kier alpha value is -2.75. The molecule has 1 fully saturated rings. The zero-order valence-corrected chi connectivity index (χ0v) is 13.1. The number of anilines is 1. The normalized spacial score (nSPS) is 26.2. The highest BCUT2D eigenvalue weighted by Crippen LogP contribution is 2.32. The van der Waals surface area contributed by atoms with Crippen molar-refractivity contribution >= 4 is 17.0 Å². The number of fused-ring (bicyclic) bond motifs is 1. The van der Waals surface area contributed by atoms with E-state index >= 15 is 0 Å². The van der Waals surface area contributed by atoms with Crippen LogP contribution in [0.3, 0.4) is 0 Å². The van der Waals surface area contributed by atoms with Crippen LogP contribution in [0.1, 0.15) is 6.23 Å². The molecule has 0 saturated carbocycles. The van der Waals surface area contributed by atoms with Crippen molar-refractivity contribution in [3.8, 4) is 5.75 Å². The first-order valence-electron chi connectivity index (χ1n) is 7.77. The Balaban J connectivity index is 1.54. The molecule has 3 heterocycles. The molecule has 0 spiro atoms. The molecule has 25 heavy (non-hydrogen) atoms. The Morgan fingerprint density at radius 3 is 2.72 bits per heavy atom. The molecule has 0 bridgehead atoms. The van der Waals surface area contributed by atoms with E-state index in [2.05, 4.69) is 15.0 Å². The number of hydrogen-bond acceptors (Lipinski definition) is 8. The molecule has 0 aliphatic carbocycles. The van der Waals surface area contributed by atoms with Crippen molar-refractivity contribution in [2.45, 2.75) is 24.5 Å². The monoisotopic (exact) mass is 343 g/mol. The maximum Gasteiger partial charge on any atom is 0.167 e. The van der Waals surface area contributed by atoms with Gasteiger partial charge in [-0.05, 0) is 12.1 Å². The average molecular weight is 343 g/mol. The minimum Gasteiger partial charge on any atom is -0.491 e. The van der Waals surface area contributed by atoms with E-state index < -0.39 is 24.5 Å². The molecule has 3 aromatic rings. The first kappa shape index (κ1) is 15.8. The molecule has 4 N–H and O–H groups in total. The molecule has 0 amide bonds. The summed E-state index contributed by atoms with van der Waals surface area (Å²) in [6, 6.07) is 9.18. The Kier molecular flexibility index (Phi) is 3.96. The summed E-state index contributed by atoms with van der Waals surface area (Å²) in [5.74, 6) is 0.894. The van der Waals surface area contributed by atoms with Gasteiger partial charge in [0.15, 0.2) is 17.7 Å². The van der Waals surface area contributed by atoms with Crippen LogP contribution in [-0.2, 0) is 4.74 Å². The molecule has 130 valence electrons. The molecule has 1 saturated heterocycles. The lowest BCUT2D eigenvalue weighted by atomic mass is 10.1. The van der Waals surface area contributed by atoms with E-state index in [0.29, 0.717) is 16.9 Å². The van der Waals surface area contributed by atoms with Crippen LogP contribution < -0.4 is 10.5 Å². The predicted molar refractivity (Wildman–Crippen MR) is 87.6 cm³/mol. The van der Waals surface area contributed by atoms with Crippen LogP contribution in [0.2, 0.25) is 0 Å². The summed E-state index contributed by atoms with van der Waals surface area (Å²) in [4.78, 5) is 12.2. The number of ether oxygens (including phenoxy) is 2. The maximum atomic E-state index is 10.4. The lowest BCUT2D eigenvalue weighted by Crippen LogP contribution is -2.34. The highest BCUT2D eigenvalue weighted by Gasteiger charge is 2.44. The van der Waals surface area contributed by atoms with Gasteiger partial charge in [0.2, 0.25) is 0 Å². The number of hydrogen-bond donors (Lipinski definition) is 3. The van der Waals surface area contributed by atoms with E-state index in [1.165, 1.54) is 17.2 Å². The molecule has 9 heteroatoms. The largest absolute Gasteiger partial charge is 0.491 e. The van der Waals surface area contributed by atoms with E-state index in [1.54, 1.807) is 12.1 Å². The third-order valence-electron chi connectivity index (χ3n) is 4.16. The highest BCUT2D eigenvalue weighted by molar-refractivity contribution is 5.81. The molecule has 1 aliphatic rings. The van der Waals surface area contributed by atoms with Gasteiger partial charge in [0.25, 0.3) is 0 Å². The summed E-state index contributed by atoms with van der Waals surface area (Å²) >= 11 is 0. The third-order valence-corrected chi connectivity index (χ3v) is 4.16. The van der Waals surface area contributed by atoms with E-state index in [9.17, 15) is 10.2 Å². The molecule has 0 radical (unpaired) electrons. The number of nitrogen functional groups attached to an aromatic ring is 1. The van der Waals surface area contributed by atoms with E-state index in [0.717, 1.165) is 0 Å². The smallest absolute Gasteiger partial charge is 0.167 e. The number of nitrogens with zero attached hydrogens (tertiary/aromatic N) is 4. The van der Waals surface area contributed by atoms with Crippen molar-refractivity contribution in [3.63, 3.8) is 0 Å². The van der Waals surface area contributed by atoms with Gasteiger partial charge in [0, 0.05) is 0 Å². The summed E-state index contributed by atoms with van der Waals surface area (Å²) in [6.07, 6.45) is -1.04. The predicted octanol–water partition coefficient (Wildman–Crippen LogP) is 0.107. The number of imidazole rings is 1. The van der Waals surface area contributed by atoms with Crippen LogP contribution in [0.15, 0.2) is 43.0 Å². The second-order valence-electron chi connectivity index (χ2n) is 5.75. The van der Waals surface area contributed by atoms with Crippen LogP contribution in [0.25, 0.3) is 11.2 Å². The van der Waals surface area contributed by atoms with Crippen molar-refractivity contribution in [1.82, 2.24) is 19.5 Å². The van der Waals surface area contributed by atoms with Gasteiger partial charge in [-0.3, -0.25) is 4.57 Å². The Morgan fingerprint density at radius 2 is 1.92 bits per heavy atom. The molecule has 2 aromatic heterocycles. The second-order valence-corrected chi connectivity index (χ2v) is 5.75. The van der Waals surface area contributed by atoms with Crippen molar-refractivity contribution in [2.75, 3.05) is 12.3 Å². The quantitative estimate of drug-likeness (QED) is 0.609. The molecule has 9 nitrogen and oxygen atoms in total. The van der Waals surface area contributed by atoms with Gasteiger partial charge < -0.3 is 25.4 Å². The Bertz CT molecular complexity index is 871. The van der Waals surface area contributed by atoms with E-state index in [4.69, 9.17) is 15.2 Å². The minimum atomic E-state index is -1.15. The van der Waals surface area contributed by atoms with Gasteiger partial charge in [-0.25, -0.2) is 15.0 Å². The molecule has 4 rings (SSSR count). The van der Waals surface area contributed by atoms with Gasteiger partial charge in [0.1, 0.15) is 42.5 Å². The number of aliphatic hydroxyl groups excluding tert-OH is 2. The molecule has 0 unspecified atom stereocenters. The van der Waals surface area contributed by atoms with Crippen molar-refractivity contribution < 1.29 is 19.7 Å². The minimum absolute atomic E-state index is 0.0997. The Morgan fingerprint density at radius 1 is 1.12 bits per heavy atom. The summed E-state index contributed by atoms with van der Waals surface area (Å²) in [5, 5.41) is 20.7. The Labute approximate surface area is 142 Å². The maximum absolute atomic E-state index is 10.4. The third kappa shape index (κ3) is 2.78. The van der Waals surface area contributed by atoms with Crippen LogP contribution in [0, 0.1) is 0 Å². The standard InChI is InChI=1S/C16H17N5O4/c17-14-11-15(19-7-18-14)21(8-20-11)16-13(23)12(22)10(25-16)6-24-9-4-2-1-3-5-9/h1-5,7-8,10,12-13,16,22-23H,6H2,(H2,17,18,19)/t10-,12+,13-,16+/m1/s1. The molecule has 1 aliphatic heterocycles. The van der Waals surface area contributed by atoms with Gasteiger partial charge in [0.05, 0.1) is 6.33 Å². The fraction of sp³-hybridized carbons (Fsp3) is 0.312. The van der Waals surface area contributed by atoms with Crippen LogP contribution in [0.4, 0.5) is 5.82 Å². The first-order valence-corrected chi connectivity index (χ1v) is 7.77. The second kappa shape index (κ2) is 6.28. The fourth-order valence-electron chi connectivity index (χ4n) is 2.85. The zero-order chi connectivity index (χ0) is 17.4. The van der Waals surface area contributed by atoms with Crippen molar-refractivity contribution in [2.24, 2.45) is 0 Å². The number of para-hydroxylation sites is 1. The van der Waals surface area contributed by atoms with Crippen molar-refractivity contribution in [3.05, 3.63) is 43.0 Å². The van der Waals surface area contributed by atoms with Crippen LogP contribution >= 0.6 is 0 Å². The lowest BCUT2D eigenvalue weighted by molar-refractivity contribution is -0.0474. The number of benzene rings is 1. The molecular weight excluding hydrogens is 326 g/mol. The number of rotatable bonds is 4. The molecule has 1 aromatic carbocycles. The summed E-state index contributed by atoms with van der Waals surface area (Å²) in [5.41, 5.74) is 6.61. The zero-order valence-electron chi connectivity index (χ0n) is 13.1. The molecular formula is C16H17N5O4. The average Bonchev–Trinajstić information content (AvgIpc) is 3.18. The van der Waals surface area contributed by atoms with E-state index in [-0.39, 0.29) is 12.4 Å². The van der Waals surface area contributed by atoms with Crippen molar-refractivity contribution in [1.29, 1.82) is 0 Å². The highest BCUT2D eigenvalue weighted by atomic mass is 16.6. The fourth-order valence-corrected chi connectivity index (χ4v) is 2.85. The number of aromatic nitrogens is 4. The molecule has 4 atom stereocenters. The number of nitrogens with two attached hydrogens (primary N) is 1. The SMILES string of the molecule is Nc1ncnc2c1ncn2[C@H]1O[C@H](COc2ccccc2)[C@H](O)[C@H]1O. The van der Waals surface area contributed by atoms with Crippen LogP contribution in [0.5, 0.6) is 5.75 Å². The summed E-state index contributed by atoms with van der Waals surface area (Å²) in [6.45, 7) is 0.0997. The van der Waals surface area contributed by atoms with Crippen LogP contribution in [-0.4, -0.2) is 54.7 Å². The lowest BCUT2D eigenvalue weighted by Gasteiger charge is -2.16.